The van der Waals surface area contributed by atoms with Gasteiger partial charge in [-0.3, -0.25) is 0 Å². The third-order valence-corrected chi connectivity index (χ3v) is 2.37. The van der Waals surface area contributed by atoms with E-state index in [-0.39, 0.29) is 5.56 Å². The standard InChI is InChI=1S/C11H13N3O3/c1-17-6-2-3-9-12-10-5-4-8(11(15)16)7-14(10)13-9/h4-5,7H,2-3,6H2,1H3,(H,15,16). The molecule has 17 heavy (non-hydrogen) atoms. The zero-order valence-electron chi connectivity index (χ0n) is 9.46. The summed E-state index contributed by atoms with van der Waals surface area (Å²) in [4.78, 5) is 15.1. The molecule has 0 fully saturated rings. The summed E-state index contributed by atoms with van der Waals surface area (Å²) in [5, 5.41) is 13.1. The summed E-state index contributed by atoms with van der Waals surface area (Å²) in [6.07, 6.45) is 3.03. The Morgan fingerprint density at radius 2 is 2.35 bits per heavy atom. The molecule has 0 aliphatic heterocycles. The first kappa shape index (κ1) is 11.5. The molecule has 1 N–H and O–H groups in total. The number of nitrogens with zero attached hydrogens (tertiary/aromatic N) is 3. The molecular weight excluding hydrogens is 222 g/mol. The minimum atomic E-state index is -0.969. The lowest BCUT2D eigenvalue weighted by Crippen LogP contribution is -1.99. The highest BCUT2D eigenvalue weighted by Gasteiger charge is 2.07. The Kier molecular flexibility index (Phi) is 3.34. The minimum Gasteiger partial charge on any atom is -0.478 e. The molecule has 0 spiro atoms. The van der Waals surface area contributed by atoms with Crippen LogP contribution in [0.5, 0.6) is 0 Å². The number of aromatic carboxylic acids is 1. The largest absolute Gasteiger partial charge is 0.478 e. The van der Waals surface area contributed by atoms with E-state index in [9.17, 15) is 4.79 Å². The summed E-state index contributed by atoms with van der Waals surface area (Å²) in [6, 6.07) is 3.17. The van der Waals surface area contributed by atoms with Crippen molar-refractivity contribution in [3.05, 3.63) is 29.7 Å². The maximum Gasteiger partial charge on any atom is 0.337 e. The number of carboxylic acid groups (broad SMARTS) is 1. The molecule has 0 aliphatic carbocycles. The quantitative estimate of drug-likeness (QED) is 0.782. The molecule has 0 aliphatic rings. The van der Waals surface area contributed by atoms with E-state index in [0.29, 0.717) is 18.1 Å². The monoisotopic (exact) mass is 235 g/mol. The van der Waals surface area contributed by atoms with Gasteiger partial charge in [0.25, 0.3) is 0 Å². The molecule has 2 aromatic heterocycles. The molecule has 6 nitrogen and oxygen atoms in total. The summed E-state index contributed by atoms with van der Waals surface area (Å²) in [7, 11) is 1.65. The van der Waals surface area contributed by atoms with Gasteiger partial charge in [0.2, 0.25) is 0 Å². The first-order valence-corrected chi connectivity index (χ1v) is 5.28. The second kappa shape index (κ2) is 4.92. The lowest BCUT2D eigenvalue weighted by Gasteiger charge is -1.94. The second-order valence-electron chi connectivity index (χ2n) is 3.65. The van der Waals surface area contributed by atoms with Crippen LogP contribution in [-0.2, 0) is 11.2 Å². The maximum atomic E-state index is 10.8. The van der Waals surface area contributed by atoms with Crippen LogP contribution < -0.4 is 0 Å². The van der Waals surface area contributed by atoms with Crippen LogP contribution in [0, 0.1) is 0 Å². The predicted molar refractivity (Wildman–Crippen MR) is 60.1 cm³/mol. The molecule has 0 bridgehead atoms. The summed E-state index contributed by atoms with van der Waals surface area (Å²) >= 11 is 0. The average Bonchev–Trinajstić information content (AvgIpc) is 2.70. The van der Waals surface area contributed by atoms with Gasteiger partial charge < -0.3 is 9.84 Å². The average molecular weight is 235 g/mol. The number of aromatic nitrogens is 3. The van der Waals surface area contributed by atoms with Crippen molar-refractivity contribution in [3.8, 4) is 0 Å². The van der Waals surface area contributed by atoms with Gasteiger partial charge in [0.1, 0.15) is 0 Å². The van der Waals surface area contributed by atoms with Gasteiger partial charge in [-0.05, 0) is 18.6 Å². The molecule has 0 radical (unpaired) electrons. The highest BCUT2D eigenvalue weighted by molar-refractivity contribution is 5.87. The lowest BCUT2D eigenvalue weighted by atomic mass is 10.3. The predicted octanol–water partition coefficient (Wildman–Crippen LogP) is 1.01. The molecule has 2 aromatic rings. The number of ether oxygens (including phenoxy) is 1. The van der Waals surface area contributed by atoms with E-state index in [0.717, 1.165) is 12.8 Å². The molecule has 0 aromatic carbocycles. The Morgan fingerprint density at radius 1 is 1.53 bits per heavy atom. The SMILES string of the molecule is COCCCc1nc2ccc(C(=O)O)cn2n1. The van der Waals surface area contributed by atoms with Gasteiger partial charge in [-0.25, -0.2) is 14.3 Å². The van der Waals surface area contributed by atoms with Crippen molar-refractivity contribution >= 4 is 11.6 Å². The van der Waals surface area contributed by atoms with Gasteiger partial charge in [0.05, 0.1) is 5.56 Å². The van der Waals surface area contributed by atoms with Crippen LogP contribution in [0.3, 0.4) is 0 Å². The minimum absolute atomic E-state index is 0.200. The zero-order chi connectivity index (χ0) is 12.3. The van der Waals surface area contributed by atoms with Crippen LogP contribution in [0.25, 0.3) is 5.65 Å². The molecular formula is C11H13N3O3. The molecule has 0 saturated carbocycles. The smallest absolute Gasteiger partial charge is 0.337 e. The Morgan fingerprint density at radius 3 is 3.06 bits per heavy atom. The number of carbonyl (C=O) groups is 1. The number of carboxylic acids is 1. The Balaban J connectivity index is 2.21. The van der Waals surface area contributed by atoms with Crippen molar-refractivity contribution in [2.75, 3.05) is 13.7 Å². The number of fused-ring (bicyclic) bond motifs is 1. The zero-order valence-corrected chi connectivity index (χ0v) is 9.46. The van der Waals surface area contributed by atoms with Crippen LogP contribution in [0.4, 0.5) is 0 Å². The molecule has 90 valence electrons. The third-order valence-electron chi connectivity index (χ3n) is 2.37. The van der Waals surface area contributed by atoms with Crippen molar-refractivity contribution in [2.24, 2.45) is 0 Å². The summed E-state index contributed by atoms with van der Waals surface area (Å²) in [6.45, 7) is 0.663. The van der Waals surface area contributed by atoms with Gasteiger partial charge in [-0.15, -0.1) is 0 Å². The highest BCUT2D eigenvalue weighted by atomic mass is 16.5. The van der Waals surface area contributed by atoms with E-state index in [1.165, 1.54) is 16.8 Å². The molecule has 2 heterocycles. The van der Waals surface area contributed by atoms with E-state index in [2.05, 4.69) is 10.1 Å². The van der Waals surface area contributed by atoms with Crippen molar-refractivity contribution in [3.63, 3.8) is 0 Å². The fraction of sp³-hybridized carbons (Fsp3) is 0.364. The maximum absolute atomic E-state index is 10.8. The van der Waals surface area contributed by atoms with Gasteiger partial charge in [0.15, 0.2) is 11.5 Å². The Hall–Kier alpha value is -1.95. The Bertz CT molecular complexity index is 536. The summed E-state index contributed by atoms with van der Waals surface area (Å²) in [5.41, 5.74) is 0.855. The van der Waals surface area contributed by atoms with Crippen molar-refractivity contribution < 1.29 is 14.6 Å². The normalized spacial score (nSPS) is 10.9. The van der Waals surface area contributed by atoms with E-state index >= 15 is 0 Å². The van der Waals surface area contributed by atoms with Crippen LogP contribution in [0.15, 0.2) is 18.3 Å². The van der Waals surface area contributed by atoms with Crippen LogP contribution in [-0.4, -0.2) is 39.4 Å². The van der Waals surface area contributed by atoms with Crippen LogP contribution >= 0.6 is 0 Å². The molecule has 2 rings (SSSR count). The van der Waals surface area contributed by atoms with Crippen LogP contribution in [0.1, 0.15) is 22.6 Å². The number of rotatable bonds is 5. The van der Waals surface area contributed by atoms with Gasteiger partial charge >= 0.3 is 5.97 Å². The summed E-state index contributed by atoms with van der Waals surface area (Å²) in [5.74, 6) is -0.270. The first-order chi connectivity index (χ1) is 8.20. The molecule has 0 unspecified atom stereocenters. The number of pyridine rings is 1. The van der Waals surface area contributed by atoms with Gasteiger partial charge in [0, 0.05) is 26.3 Å². The molecule has 0 saturated heterocycles. The topological polar surface area (TPSA) is 76.7 Å². The number of hydrogen-bond acceptors (Lipinski definition) is 4. The number of methoxy groups -OCH3 is 1. The van der Waals surface area contributed by atoms with Crippen LogP contribution in [0.2, 0.25) is 0 Å². The summed E-state index contributed by atoms with van der Waals surface area (Å²) < 4.78 is 6.44. The van der Waals surface area contributed by atoms with Crippen molar-refractivity contribution in [1.29, 1.82) is 0 Å². The van der Waals surface area contributed by atoms with E-state index in [1.807, 2.05) is 0 Å². The molecule has 0 atom stereocenters. The van der Waals surface area contributed by atoms with E-state index in [1.54, 1.807) is 13.2 Å². The molecule has 6 heteroatoms. The second-order valence-corrected chi connectivity index (χ2v) is 3.65. The third kappa shape index (κ3) is 2.59. The first-order valence-electron chi connectivity index (χ1n) is 5.28. The van der Waals surface area contributed by atoms with E-state index in [4.69, 9.17) is 9.84 Å². The van der Waals surface area contributed by atoms with E-state index < -0.39 is 5.97 Å². The van der Waals surface area contributed by atoms with Gasteiger partial charge in [-0.1, -0.05) is 0 Å². The van der Waals surface area contributed by atoms with Crippen molar-refractivity contribution in [1.82, 2.24) is 14.6 Å². The number of aryl methyl sites for hydroxylation is 1. The molecule has 0 amide bonds. The fourth-order valence-corrected chi connectivity index (χ4v) is 1.54. The van der Waals surface area contributed by atoms with Crippen molar-refractivity contribution in [2.45, 2.75) is 12.8 Å². The Labute approximate surface area is 97.9 Å². The number of hydrogen-bond donors (Lipinski definition) is 1. The van der Waals surface area contributed by atoms with Gasteiger partial charge in [-0.2, -0.15) is 5.10 Å². The highest BCUT2D eigenvalue weighted by Crippen LogP contribution is 2.06. The lowest BCUT2D eigenvalue weighted by molar-refractivity contribution is 0.0696. The fourth-order valence-electron chi connectivity index (χ4n) is 1.54.